The van der Waals surface area contributed by atoms with Gasteiger partial charge in [-0.15, -0.1) is 0 Å². The Hall–Kier alpha value is -1.66. The quantitative estimate of drug-likeness (QED) is 0.783. The van der Waals surface area contributed by atoms with Gasteiger partial charge in [0, 0.05) is 24.2 Å². The van der Waals surface area contributed by atoms with Crippen LogP contribution in [0.1, 0.15) is 33.6 Å². The Morgan fingerprint density at radius 2 is 1.84 bits per heavy atom. The fraction of sp³-hybridized carbons (Fsp3) is 0.529. The number of nitrogens with zero attached hydrogens (tertiary/aromatic N) is 1. The first-order valence-electron chi connectivity index (χ1n) is 8.14. The standard InChI is InChI=1S/C17H23Cl2N3O3/c1-17(2,3)25-16(24)20-12-6-8-22(9-7-12)15(23)21-14-5-4-11(18)10-13(14)19/h4-5,10,12H,6-9H2,1-3H3,(H,20,24)(H,21,23). The zero-order chi connectivity index (χ0) is 18.6. The first-order valence-corrected chi connectivity index (χ1v) is 8.90. The van der Waals surface area contributed by atoms with E-state index < -0.39 is 11.7 Å². The SMILES string of the molecule is CC(C)(C)OC(=O)NC1CCN(C(=O)Nc2ccc(Cl)cc2Cl)CC1. The first kappa shape index (κ1) is 19.7. The van der Waals surface area contributed by atoms with Crippen LogP contribution in [-0.4, -0.2) is 41.8 Å². The third-order valence-corrected chi connectivity index (χ3v) is 4.22. The molecule has 25 heavy (non-hydrogen) atoms. The van der Waals surface area contributed by atoms with Gasteiger partial charge >= 0.3 is 12.1 Å². The second-order valence-electron chi connectivity index (χ2n) is 6.96. The highest BCUT2D eigenvalue weighted by atomic mass is 35.5. The molecule has 0 atom stereocenters. The Kier molecular flexibility index (Phi) is 6.41. The fourth-order valence-electron chi connectivity index (χ4n) is 2.49. The molecule has 1 aliphatic heterocycles. The summed E-state index contributed by atoms with van der Waals surface area (Å²) in [5, 5.41) is 6.52. The minimum Gasteiger partial charge on any atom is -0.444 e. The maximum atomic E-state index is 12.3. The van der Waals surface area contributed by atoms with Crippen molar-refractivity contribution in [2.75, 3.05) is 18.4 Å². The lowest BCUT2D eigenvalue weighted by molar-refractivity contribution is 0.0486. The predicted molar refractivity (Wildman–Crippen MR) is 99.4 cm³/mol. The molecule has 1 aromatic rings. The van der Waals surface area contributed by atoms with Crippen LogP contribution in [0, 0.1) is 0 Å². The Labute approximate surface area is 157 Å². The molecule has 0 radical (unpaired) electrons. The van der Waals surface area contributed by atoms with E-state index in [0.29, 0.717) is 41.7 Å². The number of likely N-dealkylation sites (tertiary alicyclic amines) is 1. The van der Waals surface area contributed by atoms with Crippen LogP contribution >= 0.6 is 23.2 Å². The lowest BCUT2D eigenvalue weighted by Gasteiger charge is -2.32. The Morgan fingerprint density at radius 3 is 2.40 bits per heavy atom. The molecule has 0 saturated carbocycles. The Balaban J connectivity index is 1.81. The number of amides is 3. The molecule has 6 nitrogen and oxygen atoms in total. The van der Waals surface area contributed by atoms with Crippen molar-refractivity contribution in [3.05, 3.63) is 28.2 Å². The van der Waals surface area contributed by atoms with E-state index in [-0.39, 0.29) is 12.1 Å². The van der Waals surface area contributed by atoms with Gasteiger partial charge in [0.05, 0.1) is 10.7 Å². The van der Waals surface area contributed by atoms with Crippen LogP contribution in [0.4, 0.5) is 15.3 Å². The number of ether oxygens (including phenoxy) is 1. The molecule has 1 fully saturated rings. The van der Waals surface area contributed by atoms with Gasteiger partial charge in [0.2, 0.25) is 0 Å². The topological polar surface area (TPSA) is 70.7 Å². The number of anilines is 1. The molecule has 0 bridgehead atoms. The van der Waals surface area contributed by atoms with Gasteiger partial charge in [0.1, 0.15) is 5.60 Å². The van der Waals surface area contributed by atoms with Crippen molar-refractivity contribution >= 4 is 41.0 Å². The van der Waals surface area contributed by atoms with Crippen molar-refractivity contribution in [2.45, 2.75) is 45.3 Å². The third kappa shape index (κ3) is 6.29. The van der Waals surface area contributed by atoms with Crippen molar-refractivity contribution in [2.24, 2.45) is 0 Å². The van der Waals surface area contributed by atoms with Crippen LogP contribution in [-0.2, 0) is 4.74 Å². The molecule has 8 heteroatoms. The van der Waals surface area contributed by atoms with Crippen LogP contribution < -0.4 is 10.6 Å². The highest BCUT2D eigenvalue weighted by molar-refractivity contribution is 6.36. The fourth-order valence-corrected chi connectivity index (χ4v) is 2.94. The molecule has 2 N–H and O–H groups in total. The molecule has 138 valence electrons. The number of urea groups is 1. The van der Waals surface area contributed by atoms with Gasteiger partial charge in [-0.25, -0.2) is 9.59 Å². The molecule has 0 spiro atoms. The molecular weight excluding hydrogens is 365 g/mol. The summed E-state index contributed by atoms with van der Waals surface area (Å²) >= 11 is 11.9. The molecule has 1 heterocycles. The van der Waals surface area contributed by atoms with Crippen molar-refractivity contribution in [3.63, 3.8) is 0 Å². The first-order chi connectivity index (χ1) is 11.6. The van der Waals surface area contributed by atoms with E-state index in [1.807, 2.05) is 20.8 Å². The highest BCUT2D eigenvalue weighted by Gasteiger charge is 2.26. The number of hydrogen-bond acceptors (Lipinski definition) is 3. The van der Waals surface area contributed by atoms with Crippen LogP contribution in [0.25, 0.3) is 0 Å². The lowest BCUT2D eigenvalue weighted by Crippen LogP contribution is -2.48. The Morgan fingerprint density at radius 1 is 1.20 bits per heavy atom. The average Bonchev–Trinajstić information content (AvgIpc) is 2.48. The van der Waals surface area contributed by atoms with Gasteiger partial charge in [0.25, 0.3) is 0 Å². The summed E-state index contributed by atoms with van der Waals surface area (Å²) in [6.07, 6.45) is 0.908. The minimum absolute atomic E-state index is 0.00183. The molecule has 2 rings (SSSR count). The Bertz CT molecular complexity index is 639. The summed E-state index contributed by atoms with van der Waals surface area (Å²) in [5.41, 5.74) is -0.00669. The van der Waals surface area contributed by atoms with E-state index in [4.69, 9.17) is 27.9 Å². The van der Waals surface area contributed by atoms with Crippen LogP contribution in [0.5, 0.6) is 0 Å². The number of hydrogen-bond donors (Lipinski definition) is 2. The molecule has 3 amide bonds. The van der Waals surface area contributed by atoms with E-state index in [1.165, 1.54) is 0 Å². The molecule has 0 aromatic heterocycles. The summed E-state index contributed by atoms with van der Waals surface area (Å²) < 4.78 is 5.25. The van der Waals surface area contributed by atoms with Crippen LogP contribution in [0.15, 0.2) is 18.2 Å². The van der Waals surface area contributed by atoms with E-state index in [9.17, 15) is 9.59 Å². The van der Waals surface area contributed by atoms with E-state index in [2.05, 4.69) is 10.6 Å². The average molecular weight is 388 g/mol. The summed E-state index contributed by atoms with van der Waals surface area (Å²) in [6, 6.07) is 4.69. The predicted octanol–water partition coefficient (Wildman–Crippen LogP) is 4.51. The maximum Gasteiger partial charge on any atom is 0.407 e. The lowest BCUT2D eigenvalue weighted by atomic mass is 10.1. The van der Waals surface area contributed by atoms with E-state index >= 15 is 0 Å². The van der Waals surface area contributed by atoms with Crippen LogP contribution in [0.2, 0.25) is 10.0 Å². The number of halogens is 2. The third-order valence-electron chi connectivity index (χ3n) is 3.68. The van der Waals surface area contributed by atoms with Gasteiger partial charge in [-0.2, -0.15) is 0 Å². The molecule has 1 aliphatic rings. The van der Waals surface area contributed by atoms with Crippen molar-refractivity contribution in [1.29, 1.82) is 0 Å². The molecule has 0 aliphatic carbocycles. The van der Waals surface area contributed by atoms with Crippen molar-refractivity contribution < 1.29 is 14.3 Å². The van der Waals surface area contributed by atoms with Gasteiger partial charge in [-0.1, -0.05) is 23.2 Å². The zero-order valence-corrected chi connectivity index (χ0v) is 16.1. The van der Waals surface area contributed by atoms with Crippen molar-refractivity contribution in [3.8, 4) is 0 Å². The minimum atomic E-state index is -0.525. The van der Waals surface area contributed by atoms with Crippen molar-refractivity contribution in [1.82, 2.24) is 10.2 Å². The number of nitrogens with one attached hydrogen (secondary N) is 2. The van der Waals surface area contributed by atoms with Gasteiger partial charge in [0.15, 0.2) is 0 Å². The number of piperidine rings is 1. The number of benzene rings is 1. The van der Waals surface area contributed by atoms with Gasteiger partial charge < -0.3 is 20.3 Å². The number of rotatable bonds is 2. The normalized spacial score (nSPS) is 15.6. The van der Waals surface area contributed by atoms with Gasteiger partial charge in [-0.05, 0) is 51.8 Å². The molecule has 0 unspecified atom stereocenters. The van der Waals surface area contributed by atoms with E-state index in [0.717, 1.165) is 0 Å². The molecule has 1 aromatic carbocycles. The van der Waals surface area contributed by atoms with Gasteiger partial charge in [-0.3, -0.25) is 0 Å². The summed E-state index contributed by atoms with van der Waals surface area (Å²) in [5.74, 6) is 0. The largest absolute Gasteiger partial charge is 0.444 e. The van der Waals surface area contributed by atoms with Crippen LogP contribution in [0.3, 0.4) is 0 Å². The molecular formula is C17H23Cl2N3O3. The smallest absolute Gasteiger partial charge is 0.407 e. The number of alkyl carbamates (subject to hydrolysis) is 1. The summed E-state index contributed by atoms with van der Waals surface area (Å²) in [7, 11) is 0. The second-order valence-corrected chi connectivity index (χ2v) is 7.81. The number of carbonyl (C=O) groups is 2. The maximum absolute atomic E-state index is 12.3. The monoisotopic (exact) mass is 387 g/mol. The van der Waals surface area contributed by atoms with E-state index in [1.54, 1.807) is 23.1 Å². The zero-order valence-electron chi connectivity index (χ0n) is 14.6. The second kappa shape index (κ2) is 8.15. The number of carbonyl (C=O) groups excluding carboxylic acids is 2. The summed E-state index contributed by atoms with van der Waals surface area (Å²) in [6.45, 7) is 6.54. The highest BCUT2D eigenvalue weighted by Crippen LogP contribution is 2.26. The molecule has 1 saturated heterocycles. The summed E-state index contributed by atoms with van der Waals surface area (Å²) in [4.78, 5) is 25.8.